The molecule has 1 amide bonds. The van der Waals surface area contributed by atoms with E-state index in [1.807, 2.05) is 0 Å². The highest BCUT2D eigenvalue weighted by Crippen LogP contribution is 2.21. The fourth-order valence-electron chi connectivity index (χ4n) is 3.18. The second kappa shape index (κ2) is 7.66. The van der Waals surface area contributed by atoms with Gasteiger partial charge in [-0.05, 0) is 25.5 Å². The second-order valence-corrected chi connectivity index (χ2v) is 6.81. The number of nitro benzene ring substituents is 1. The van der Waals surface area contributed by atoms with Crippen molar-refractivity contribution >= 4 is 11.6 Å². The minimum Gasteiger partial charge on any atom is -0.336 e. The molecule has 136 valence electrons. The Morgan fingerprint density at radius 3 is 2.31 bits per heavy atom. The summed E-state index contributed by atoms with van der Waals surface area (Å²) in [4.78, 5) is 27.4. The molecule has 1 aliphatic rings. The molecule has 2 aromatic carbocycles. The molecular formula is C20H23N3O3. The van der Waals surface area contributed by atoms with E-state index in [2.05, 4.69) is 36.1 Å². The van der Waals surface area contributed by atoms with Gasteiger partial charge in [0.2, 0.25) is 0 Å². The van der Waals surface area contributed by atoms with Gasteiger partial charge in [-0.1, -0.05) is 35.9 Å². The van der Waals surface area contributed by atoms with Crippen molar-refractivity contribution < 1.29 is 9.72 Å². The Morgan fingerprint density at radius 1 is 1.04 bits per heavy atom. The van der Waals surface area contributed by atoms with Crippen LogP contribution < -0.4 is 0 Å². The lowest BCUT2D eigenvalue weighted by Gasteiger charge is -2.34. The number of carbonyl (C=O) groups is 1. The average molecular weight is 353 g/mol. The van der Waals surface area contributed by atoms with Gasteiger partial charge in [0.25, 0.3) is 11.6 Å². The summed E-state index contributed by atoms with van der Waals surface area (Å²) in [6, 6.07) is 13.2. The zero-order valence-electron chi connectivity index (χ0n) is 15.1. The molecule has 0 unspecified atom stereocenters. The van der Waals surface area contributed by atoms with Crippen LogP contribution in [0.4, 0.5) is 5.69 Å². The van der Waals surface area contributed by atoms with Crippen molar-refractivity contribution in [2.45, 2.75) is 20.4 Å². The molecule has 6 heteroatoms. The van der Waals surface area contributed by atoms with Gasteiger partial charge in [0.15, 0.2) is 0 Å². The highest BCUT2D eigenvalue weighted by Gasteiger charge is 2.24. The van der Waals surface area contributed by atoms with E-state index < -0.39 is 4.92 Å². The number of piperazine rings is 1. The molecule has 0 saturated carbocycles. The van der Waals surface area contributed by atoms with E-state index in [-0.39, 0.29) is 11.6 Å². The highest BCUT2D eigenvalue weighted by atomic mass is 16.6. The summed E-state index contributed by atoms with van der Waals surface area (Å²) in [5, 5.41) is 11.1. The van der Waals surface area contributed by atoms with E-state index in [4.69, 9.17) is 0 Å². The fourth-order valence-corrected chi connectivity index (χ4v) is 3.18. The molecule has 1 saturated heterocycles. The molecule has 0 aromatic heterocycles. The molecule has 1 aliphatic heterocycles. The van der Waals surface area contributed by atoms with Crippen LogP contribution in [0.25, 0.3) is 0 Å². The fraction of sp³-hybridized carbons (Fsp3) is 0.350. The molecule has 26 heavy (non-hydrogen) atoms. The standard InChI is InChI=1S/C20H23N3O3/c1-15-3-6-17(7-4-15)14-21-9-11-22(12-10-21)20(24)18-8-5-16(2)19(13-18)23(25)26/h3-8,13H,9-12,14H2,1-2H3. The molecule has 6 nitrogen and oxygen atoms in total. The molecule has 0 atom stereocenters. The zero-order valence-corrected chi connectivity index (χ0v) is 15.1. The molecule has 1 heterocycles. The van der Waals surface area contributed by atoms with Gasteiger partial charge < -0.3 is 4.90 Å². The number of rotatable bonds is 4. The normalized spacial score (nSPS) is 15.1. The molecule has 0 radical (unpaired) electrons. The third kappa shape index (κ3) is 4.08. The van der Waals surface area contributed by atoms with Gasteiger partial charge in [-0.2, -0.15) is 0 Å². The minimum atomic E-state index is -0.439. The second-order valence-electron chi connectivity index (χ2n) is 6.81. The molecule has 0 N–H and O–H groups in total. The van der Waals surface area contributed by atoms with Crippen molar-refractivity contribution in [3.63, 3.8) is 0 Å². The molecule has 1 fully saturated rings. The third-order valence-electron chi connectivity index (χ3n) is 4.84. The van der Waals surface area contributed by atoms with Gasteiger partial charge in [0.1, 0.15) is 0 Å². The third-order valence-corrected chi connectivity index (χ3v) is 4.84. The van der Waals surface area contributed by atoms with Gasteiger partial charge in [-0.15, -0.1) is 0 Å². The lowest BCUT2D eigenvalue weighted by atomic mass is 10.1. The first-order valence-corrected chi connectivity index (χ1v) is 8.76. The van der Waals surface area contributed by atoms with Crippen LogP contribution in [0, 0.1) is 24.0 Å². The summed E-state index contributed by atoms with van der Waals surface area (Å²) in [6.07, 6.45) is 0. The lowest BCUT2D eigenvalue weighted by molar-refractivity contribution is -0.385. The van der Waals surface area contributed by atoms with Crippen LogP contribution in [0.3, 0.4) is 0 Å². The Labute approximate surface area is 153 Å². The van der Waals surface area contributed by atoms with Crippen molar-refractivity contribution in [3.8, 4) is 0 Å². The Hall–Kier alpha value is -2.73. The summed E-state index contributed by atoms with van der Waals surface area (Å²) in [7, 11) is 0. The van der Waals surface area contributed by atoms with Crippen molar-refractivity contribution in [3.05, 3.63) is 74.8 Å². The zero-order chi connectivity index (χ0) is 18.7. The SMILES string of the molecule is Cc1ccc(CN2CCN(C(=O)c3ccc(C)c([N+](=O)[O-])c3)CC2)cc1. The first-order valence-electron chi connectivity index (χ1n) is 8.76. The smallest absolute Gasteiger partial charge is 0.273 e. The number of hydrogen-bond donors (Lipinski definition) is 0. The van der Waals surface area contributed by atoms with Crippen molar-refractivity contribution in [1.29, 1.82) is 0 Å². The van der Waals surface area contributed by atoms with Gasteiger partial charge >= 0.3 is 0 Å². The van der Waals surface area contributed by atoms with E-state index in [0.717, 1.165) is 19.6 Å². The molecular weight excluding hydrogens is 330 g/mol. The molecule has 0 bridgehead atoms. The van der Waals surface area contributed by atoms with E-state index in [9.17, 15) is 14.9 Å². The van der Waals surface area contributed by atoms with Crippen LogP contribution in [-0.2, 0) is 6.54 Å². The molecule has 0 spiro atoms. The molecule has 2 aromatic rings. The van der Waals surface area contributed by atoms with Gasteiger partial charge in [-0.25, -0.2) is 0 Å². The Kier molecular flexibility index (Phi) is 5.32. The monoisotopic (exact) mass is 353 g/mol. The van der Waals surface area contributed by atoms with Crippen LogP contribution in [0.15, 0.2) is 42.5 Å². The number of nitrogens with zero attached hydrogens (tertiary/aromatic N) is 3. The topological polar surface area (TPSA) is 66.7 Å². The van der Waals surface area contributed by atoms with Crippen LogP contribution in [-0.4, -0.2) is 46.8 Å². The maximum Gasteiger partial charge on any atom is 0.273 e. The summed E-state index contributed by atoms with van der Waals surface area (Å²) >= 11 is 0. The van der Waals surface area contributed by atoms with Crippen LogP contribution in [0.1, 0.15) is 27.0 Å². The Balaban J connectivity index is 1.61. The van der Waals surface area contributed by atoms with E-state index >= 15 is 0 Å². The first-order chi connectivity index (χ1) is 12.4. The quantitative estimate of drug-likeness (QED) is 0.625. The Morgan fingerprint density at radius 2 is 1.69 bits per heavy atom. The summed E-state index contributed by atoms with van der Waals surface area (Å²) < 4.78 is 0. The van der Waals surface area contributed by atoms with E-state index in [0.29, 0.717) is 24.2 Å². The van der Waals surface area contributed by atoms with Gasteiger partial charge in [0.05, 0.1) is 4.92 Å². The predicted molar refractivity (Wildman–Crippen MR) is 100 cm³/mol. The summed E-state index contributed by atoms with van der Waals surface area (Å²) in [5.41, 5.74) is 3.46. The van der Waals surface area contributed by atoms with Crippen LogP contribution in [0.5, 0.6) is 0 Å². The number of hydrogen-bond acceptors (Lipinski definition) is 4. The van der Waals surface area contributed by atoms with Crippen molar-refractivity contribution in [2.75, 3.05) is 26.2 Å². The Bertz CT molecular complexity index is 810. The average Bonchev–Trinajstić information content (AvgIpc) is 2.64. The predicted octanol–water partition coefficient (Wildman–Crippen LogP) is 3.17. The van der Waals surface area contributed by atoms with Crippen molar-refractivity contribution in [1.82, 2.24) is 9.80 Å². The molecule has 3 rings (SSSR count). The van der Waals surface area contributed by atoms with E-state index in [1.165, 1.54) is 17.2 Å². The highest BCUT2D eigenvalue weighted by molar-refractivity contribution is 5.95. The van der Waals surface area contributed by atoms with Gasteiger partial charge in [0, 0.05) is 49.9 Å². The minimum absolute atomic E-state index is 0.00569. The van der Waals surface area contributed by atoms with Gasteiger partial charge in [-0.3, -0.25) is 19.8 Å². The summed E-state index contributed by atoms with van der Waals surface area (Å²) in [6.45, 7) is 7.48. The maximum absolute atomic E-state index is 12.7. The number of carbonyl (C=O) groups excluding carboxylic acids is 1. The maximum atomic E-state index is 12.7. The molecule has 0 aliphatic carbocycles. The van der Waals surface area contributed by atoms with Crippen LogP contribution >= 0.6 is 0 Å². The largest absolute Gasteiger partial charge is 0.336 e. The van der Waals surface area contributed by atoms with E-state index in [1.54, 1.807) is 24.0 Å². The first kappa shape index (κ1) is 18.1. The summed E-state index contributed by atoms with van der Waals surface area (Å²) in [5.74, 6) is -0.136. The number of amides is 1. The van der Waals surface area contributed by atoms with Crippen molar-refractivity contribution in [2.24, 2.45) is 0 Å². The number of aryl methyl sites for hydroxylation is 2. The number of benzene rings is 2. The van der Waals surface area contributed by atoms with Crippen LogP contribution in [0.2, 0.25) is 0 Å². The number of nitro groups is 1. The lowest BCUT2D eigenvalue weighted by Crippen LogP contribution is -2.48.